The molecule has 0 aromatic heterocycles. The molecule has 2 N–H and O–H groups in total. The molecule has 0 spiro atoms. The minimum atomic E-state index is 0.431. The highest BCUT2D eigenvalue weighted by Crippen LogP contribution is 2.29. The van der Waals surface area contributed by atoms with Crippen LogP contribution in [0.15, 0.2) is 0 Å². The lowest BCUT2D eigenvalue weighted by Crippen LogP contribution is -2.52. The first-order chi connectivity index (χ1) is 8.18. The molecule has 1 saturated carbocycles. The molecular weight excluding hydrogens is 212 g/mol. The van der Waals surface area contributed by atoms with Crippen LogP contribution in [0, 0.1) is 11.3 Å². The molecule has 0 aromatic rings. The first kappa shape index (κ1) is 13.3. The van der Waals surface area contributed by atoms with Crippen molar-refractivity contribution in [2.75, 3.05) is 32.8 Å². The van der Waals surface area contributed by atoms with Gasteiger partial charge in [0.1, 0.15) is 0 Å². The highest BCUT2D eigenvalue weighted by molar-refractivity contribution is 4.89. The summed E-state index contributed by atoms with van der Waals surface area (Å²) in [4.78, 5) is 0. The lowest BCUT2D eigenvalue weighted by atomic mass is 9.77. The molecule has 17 heavy (non-hydrogen) atoms. The Balaban J connectivity index is 1.51. The molecule has 0 amide bonds. The fourth-order valence-corrected chi connectivity index (χ4v) is 2.54. The van der Waals surface area contributed by atoms with Crippen molar-refractivity contribution in [1.29, 1.82) is 0 Å². The van der Waals surface area contributed by atoms with E-state index in [0.717, 1.165) is 32.2 Å². The van der Waals surface area contributed by atoms with Gasteiger partial charge < -0.3 is 15.4 Å². The van der Waals surface area contributed by atoms with Gasteiger partial charge in [-0.1, -0.05) is 13.8 Å². The molecule has 1 aliphatic carbocycles. The van der Waals surface area contributed by atoms with Crippen LogP contribution in [0.4, 0.5) is 0 Å². The van der Waals surface area contributed by atoms with E-state index in [9.17, 15) is 0 Å². The summed E-state index contributed by atoms with van der Waals surface area (Å²) in [7, 11) is 0. The van der Waals surface area contributed by atoms with E-state index in [1.165, 1.54) is 32.2 Å². The lowest BCUT2D eigenvalue weighted by Gasteiger charge is -2.39. The van der Waals surface area contributed by atoms with Crippen LogP contribution in [-0.2, 0) is 4.74 Å². The van der Waals surface area contributed by atoms with Gasteiger partial charge in [0.15, 0.2) is 0 Å². The van der Waals surface area contributed by atoms with E-state index in [2.05, 4.69) is 24.5 Å². The third-order valence-electron chi connectivity index (χ3n) is 4.15. The SMILES string of the molecule is CC1(C)CCCNC1CNCCOCC1CC1. The lowest BCUT2D eigenvalue weighted by molar-refractivity contribution is 0.121. The quantitative estimate of drug-likeness (QED) is 0.666. The Morgan fingerprint density at radius 2 is 2.18 bits per heavy atom. The van der Waals surface area contributed by atoms with Crippen molar-refractivity contribution in [1.82, 2.24) is 10.6 Å². The highest BCUT2D eigenvalue weighted by Gasteiger charge is 2.31. The number of ether oxygens (including phenoxy) is 1. The van der Waals surface area contributed by atoms with E-state index in [0.29, 0.717) is 11.5 Å². The standard InChI is InChI=1S/C14H28N2O/c1-14(2)6-3-7-16-13(14)10-15-8-9-17-11-12-4-5-12/h12-13,15-16H,3-11H2,1-2H3. The van der Waals surface area contributed by atoms with E-state index in [1.807, 2.05) is 0 Å². The predicted molar refractivity (Wildman–Crippen MR) is 71.2 cm³/mol. The molecular formula is C14H28N2O. The molecule has 3 heteroatoms. The molecule has 0 aromatic carbocycles. The number of nitrogens with one attached hydrogen (secondary N) is 2. The number of rotatable bonds is 7. The number of piperidine rings is 1. The van der Waals surface area contributed by atoms with Gasteiger partial charge >= 0.3 is 0 Å². The largest absolute Gasteiger partial charge is 0.380 e. The molecule has 1 atom stereocenters. The Bertz CT molecular complexity index is 226. The molecule has 0 radical (unpaired) electrons. The Kier molecular flexibility index (Phi) is 4.83. The second kappa shape index (κ2) is 6.17. The summed E-state index contributed by atoms with van der Waals surface area (Å²) >= 11 is 0. The van der Waals surface area contributed by atoms with Crippen LogP contribution in [0.2, 0.25) is 0 Å². The van der Waals surface area contributed by atoms with Crippen LogP contribution in [0.1, 0.15) is 39.5 Å². The molecule has 2 fully saturated rings. The second-order valence-electron chi connectivity index (χ2n) is 6.32. The summed E-state index contributed by atoms with van der Waals surface area (Å²) in [6, 6.07) is 0.611. The van der Waals surface area contributed by atoms with Crippen molar-refractivity contribution in [3.8, 4) is 0 Å². The minimum absolute atomic E-state index is 0.431. The van der Waals surface area contributed by atoms with E-state index < -0.39 is 0 Å². The topological polar surface area (TPSA) is 33.3 Å². The Morgan fingerprint density at radius 3 is 2.88 bits per heavy atom. The van der Waals surface area contributed by atoms with Crippen molar-refractivity contribution in [2.45, 2.75) is 45.6 Å². The van der Waals surface area contributed by atoms with Crippen molar-refractivity contribution in [3.63, 3.8) is 0 Å². The summed E-state index contributed by atoms with van der Waals surface area (Å²) in [6.07, 6.45) is 5.42. The van der Waals surface area contributed by atoms with Crippen molar-refractivity contribution in [2.24, 2.45) is 11.3 Å². The molecule has 1 aliphatic heterocycles. The van der Waals surface area contributed by atoms with Gasteiger partial charge in [0, 0.05) is 25.7 Å². The normalized spacial score (nSPS) is 28.2. The van der Waals surface area contributed by atoms with E-state index in [-0.39, 0.29) is 0 Å². The molecule has 100 valence electrons. The maximum atomic E-state index is 5.62. The van der Waals surface area contributed by atoms with Crippen LogP contribution in [0.25, 0.3) is 0 Å². The monoisotopic (exact) mass is 240 g/mol. The molecule has 0 bridgehead atoms. The number of hydrogen-bond acceptors (Lipinski definition) is 3. The Morgan fingerprint density at radius 1 is 1.35 bits per heavy atom. The van der Waals surface area contributed by atoms with Crippen molar-refractivity contribution >= 4 is 0 Å². The first-order valence-electron chi connectivity index (χ1n) is 7.20. The van der Waals surface area contributed by atoms with Crippen LogP contribution < -0.4 is 10.6 Å². The van der Waals surface area contributed by atoms with Crippen molar-refractivity contribution < 1.29 is 4.74 Å². The fourth-order valence-electron chi connectivity index (χ4n) is 2.54. The highest BCUT2D eigenvalue weighted by atomic mass is 16.5. The zero-order valence-electron chi connectivity index (χ0n) is 11.4. The first-order valence-corrected chi connectivity index (χ1v) is 7.20. The summed E-state index contributed by atoms with van der Waals surface area (Å²) in [5, 5.41) is 7.14. The maximum Gasteiger partial charge on any atom is 0.0591 e. The van der Waals surface area contributed by atoms with Gasteiger partial charge in [-0.05, 0) is 43.6 Å². The predicted octanol–water partition coefficient (Wildman–Crippen LogP) is 1.78. The summed E-state index contributed by atoms with van der Waals surface area (Å²) in [5.74, 6) is 0.883. The van der Waals surface area contributed by atoms with Crippen LogP contribution in [0.5, 0.6) is 0 Å². The van der Waals surface area contributed by atoms with Gasteiger partial charge in [0.2, 0.25) is 0 Å². The third kappa shape index (κ3) is 4.57. The van der Waals surface area contributed by atoms with Crippen LogP contribution >= 0.6 is 0 Å². The smallest absolute Gasteiger partial charge is 0.0591 e. The van der Waals surface area contributed by atoms with Gasteiger partial charge in [-0.3, -0.25) is 0 Å². The third-order valence-corrected chi connectivity index (χ3v) is 4.15. The van der Waals surface area contributed by atoms with Gasteiger partial charge in [-0.15, -0.1) is 0 Å². The van der Waals surface area contributed by atoms with Gasteiger partial charge in [0.05, 0.1) is 6.61 Å². The van der Waals surface area contributed by atoms with E-state index >= 15 is 0 Å². The fraction of sp³-hybridized carbons (Fsp3) is 1.00. The average molecular weight is 240 g/mol. The van der Waals surface area contributed by atoms with E-state index in [1.54, 1.807) is 0 Å². The number of hydrogen-bond donors (Lipinski definition) is 2. The van der Waals surface area contributed by atoms with Gasteiger partial charge in [0.25, 0.3) is 0 Å². The van der Waals surface area contributed by atoms with Crippen molar-refractivity contribution in [3.05, 3.63) is 0 Å². The molecule has 3 nitrogen and oxygen atoms in total. The average Bonchev–Trinajstić information content (AvgIpc) is 3.08. The Hall–Kier alpha value is -0.120. The van der Waals surface area contributed by atoms with Gasteiger partial charge in [-0.2, -0.15) is 0 Å². The van der Waals surface area contributed by atoms with Gasteiger partial charge in [-0.25, -0.2) is 0 Å². The second-order valence-corrected chi connectivity index (χ2v) is 6.32. The summed E-state index contributed by atoms with van der Waals surface area (Å²) in [6.45, 7) is 9.82. The maximum absolute atomic E-state index is 5.62. The zero-order chi connectivity index (χ0) is 12.1. The zero-order valence-corrected chi connectivity index (χ0v) is 11.4. The summed E-state index contributed by atoms with van der Waals surface area (Å²) in [5.41, 5.74) is 0.431. The minimum Gasteiger partial charge on any atom is -0.380 e. The Labute approximate surface area is 106 Å². The van der Waals surface area contributed by atoms with Crippen LogP contribution in [-0.4, -0.2) is 38.9 Å². The molecule has 1 unspecified atom stereocenters. The molecule has 2 rings (SSSR count). The molecule has 1 heterocycles. The van der Waals surface area contributed by atoms with Crippen LogP contribution in [0.3, 0.4) is 0 Å². The molecule has 1 saturated heterocycles. The van der Waals surface area contributed by atoms with E-state index in [4.69, 9.17) is 4.74 Å². The molecule has 2 aliphatic rings. The summed E-state index contributed by atoms with van der Waals surface area (Å²) < 4.78 is 5.62.